The van der Waals surface area contributed by atoms with Crippen LogP contribution in [0, 0.1) is 11.3 Å². The molecule has 5 heteroatoms. The zero-order valence-corrected chi connectivity index (χ0v) is 15.5. The Morgan fingerprint density at radius 3 is 3.04 bits per heavy atom. The molecule has 1 aromatic rings. The van der Waals surface area contributed by atoms with Crippen molar-refractivity contribution in [3.05, 3.63) is 29.8 Å². The Morgan fingerprint density at radius 2 is 2.20 bits per heavy atom. The molecule has 0 aromatic heterocycles. The number of nitrogens with one attached hydrogen (secondary N) is 2. The van der Waals surface area contributed by atoms with Gasteiger partial charge in [-0.05, 0) is 45.5 Å². The van der Waals surface area contributed by atoms with Crippen molar-refractivity contribution in [1.82, 2.24) is 15.5 Å². The molecular formula is C20H31N3O2. The first-order chi connectivity index (χ1) is 12.1. The van der Waals surface area contributed by atoms with E-state index in [1.165, 1.54) is 12.8 Å². The van der Waals surface area contributed by atoms with Crippen LogP contribution in [0.25, 0.3) is 0 Å². The molecule has 138 valence electrons. The minimum atomic E-state index is -0.195. The Balaban J connectivity index is 1.60. The maximum Gasteiger partial charge on any atom is 0.228 e. The van der Waals surface area contributed by atoms with Crippen LogP contribution in [-0.2, 0) is 11.3 Å². The first-order valence-corrected chi connectivity index (χ1v) is 9.46. The van der Waals surface area contributed by atoms with Gasteiger partial charge in [0.25, 0.3) is 0 Å². The number of amides is 1. The molecular weight excluding hydrogens is 314 g/mol. The van der Waals surface area contributed by atoms with Crippen LogP contribution >= 0.6 is 0 Å². The summed E-state index contributed by atoms with van der Waals surface area (Å²) in [6.07, 6.45) is 4.60. The van der Waals surface area contributed by atoms with Crippen molar-refractivity contribution in [2.24, 2.45) is 11.3 Å². The SMILES string of the molecule is CN(C)CCOc1ccccc1CNC(=O)[C@@]12CCCC[C@H]1CNC2. The summed E-state index contributed by atoms with van der Waals surface area (Å²) < 4.78 is 5.91. The number of fused-ring (bicyclic) bond motifs is 1. The number of carbonyl (C=O) groups excluding carboxylic acids is 1. The lowest BCUT2D eigenvalue weighted by Crippen LogP contribution is -2.47. The molecule has 1 aliphatic carbocycles. The molecule has 1 saturated carbocycles. The van der Waals surface area contributed by atoms with E-state index < -0.39 is 0 Å². The predicted molar refractivity (Wildman–Crippen MR) is 99.6 cm³/mol. The largest absolute Gasteiger partial charge is 0.492 e. The molecule has 3 rings (SSSR count). The normalized spacial score (nSPS) is 25.6. The van der Waals surface area contributed by atoms with Gasteiger partial charge in [0.1, 0.15) is 12.4 Å². The van der Waals surface area contributed by atoms with E-state index in [4.69, 9.17) is 4.74 Å². The molecule has 1 heterocycles. The second-order valence-electron chi connectivity index (χ2n) is 7.67. The standard InChI is InChI=1S/C20H31N3O2/c1-23(2)11-12-25-18-9-4-3-7-16(18)13-22-19(24)20-10-6-5-8-17(20)14-21-15-20/h3-4,7,9,17,21H,5-6,8,10-15H2,1-2H3,(H,22,24)/t17-,20+/m0/s1. The zero-order chi connectivity index (χ0) is 17.7. The Bertz CT molecular complexity index is 590. The molecule has 0 bridgehead atoms. The third-order valence-corrected chi connectivity index (χ3v) is 5.70. The third-order valence-electron chi connectivity index (χ3n) is 5.70. The van der Waals surface area contributed by atoms with E-state index in [0.717, 1.165) is 43.8 Å². The van der Waals surface area contributed by atoms with Gasteiger partial charge in [0.2, 0.25) is 5.91 Å². The first kappa shape index (κ1) is 18.2. The summed E-state index contributed by atoms with van der Waals surface area (Å²) >= 11 is 0. The number of likely N-dealkylation sites (N-methyl/N-ethyl adjacent to an activating group) is 1. The second-order valence-corrected chi connectivity index (χ2v) is 7.67. The minimum Gasteiger partial charge on any atom is -0.492 e. The van der Waals surface area contributed by atoms with Crippen LogP contribution in [0.3, 0.4) is 0 Å². The Hall–Kier alpha value is -1.59. The van der Waals surface area contributed by atoms with Gasteiger partial charge in [-0.25, -0.2) is 0 Å². The van der Waals surface area contributed by atoms with Crippen molar-refractivity contribution in [3.63, 3.8) is 0 Å². The number of hydrogen-bond donors (Lipinski definition) is 2. The molecule has 1 amide bonds. The maximum absolute atomic E-state index is 13.0. The highest BCUT2D eigenvalue weighted by atomic mass is 16.5. The number of ether oxygens (including phenoxy) is 1. The topological polar surface area (TPSA) is 53.6 Å². The molecule has 2 atom stereocenters. The van der Waals surface area contributed by atoms with Crippen molar-refractivity contribution in [1.29, 1.82) is 0 Å². The second kappa shape index (κ2) is 8.19. The van der Waals surface area contributed by atoms with Gasteiger partial charge >= 0.3 is 0 Å². The molecule has 5 nitrogen and oxygen atoms in total. The van der Waals surface area contributed by atoms with Crippen LogP contribution in [0.1, 0.15) is 31.2 Å². The highest BCUT2D eigenvalue weighted by Crippen LogP contribution is 2.43. The summed E-state index contributed by atoms with van der Waals surface area (Å²) in [5.74, 6) is 1.57. The Morgan fingerprint density at radius 1 is 1.36 bits per heavy atom. The molecule has 2 fully saturated rings. The number of rotatable bonds is 7. The van der Waals surface area contributed by atoms with Crippen molar-refractivity contribution in [2.75, 3.05) is 40.3 Å². The fraction of sp³-hybridized carbons (Fsp3) is 0.650. The molecule has 2 N–H and O–H groups in total. The van der Waals surface area contributed by atoms with Crippen LogP contribution in [0.2, 0.25) is 0 Å². The van der Waals surface area contributed by atoms with Gasteiger partial charge in [0.15, 0.2) is 0 Å². The number of hydrogen-bond acceptors (Lipinski definition) is 4. The van der Waals surface area contributed by atoms with Crippen molar-refractivity contribution in [3.8, 4) is 5.75 Å². The maximum atomic E-state index is 13.0. The number of benzene rings is 1. The lowest BCUT2D eigenvalue weighted by molar-refractivity contribution is -0.134. The Labute approximate surface area is 151 Å². The molecule has 0 unspecified atom stereocenters. The van der Waals surface area contributed by atoms with Gasteiger partial charge in [-0.1, -0.05) is 31.0 Å². The molecule has 2 aliphatic rings. The van der Waals surface area contributed by atoms with E-state index in [0.29, 0.717) is 19.1 Å². The monoisotopic (exact) mass is 345 g/mol. The summed E-state index contributed by atoms with van der Waals surface area (Å²) in [7, 11) is 4.07. The van der Waals surface area contributed by atoms with Crippen LogP contribution in [-0.4, -0.2) is 51.1 Å². The summed E-state index contributed by atoms with van der Waals surface area (Å²) in [6.45, 7) is 3.86. The molecule has 25 heavy (non-hydrogen) atoms. The number of nitrogens with zero attached hydrogens (tertiary/aromatic N) is 1. The van der Waals surface area contributed by atoms with E-state index in [9.17, 15) is 4.79 Å². The fourth-order valence-corrected chi connectivity index (χ4v) is 4.17. The van der Waals surface area contributed by atoms with Crippen LogP contribution in [0.15, 0.2) is 24.3 Å². The van der Waals surface area contributed by atoms with Gasteiger partial charge < -0.3 is 20.3 Å². The highest BCUT2D eigenvalue weighted by Gasteiger charge is 2.49. The van der Waals surface area contributed by atoms with E-state index in [1.54, 1.807) is 0 Å². The minimum absolute atomic E-state index is 0.195. The van der Waals surface area contributed by atoms with Crippen molar-refractivity contribution >= 4 is 5.91 Å². The van der Waals surface area contributed by atoms with Crippen LogP contribution in [0.4, 0.5) is 0 Å². The van der Waals surface area contributed by atoms with Gasteiger partial charge in [-0.3, -0.25) is 4.79 Å². The lowest BCUT2D eigenvalue weighted by Gasteiger charge is -2.37. The fourth-order valence-electron chi connectivity index (χ4n) is 4.17. The number of para-hydroxylation sites is 1. The molecule has 1 aromatic carbocycles. The summed E-state index contributed by atoms with van der Waals surface area (Å²) in [4.78, 5) is 15.1. The molecule has 0 spiro atoms. The highest BCUT2D eigenvalue weighted by molar-refractivity contribution is 5.84. The van der Waals surface area contributed by atoms with Crippen molar-refractivity contribution < 1.29 is 9.53 Å². The zero-order valence-electron chi connectivity index (χ0n) is 15.5. The predicted octanol–water partition coefficient (Wildman–Crippen LogP) is 2.02. The summed E-state index contributed by atoms with van der Waals surface area (Å²) in [5, 5.41) is 6.64. The van der Waals surface area contributed by atoms with Gasteiger partial charge in [0, 0.05) is 25.2 Å². The average molecular weight is 345 g/mol. The first-order valence-electron chi connectivity index (χ1n) is 9.46. The van der Waals surface area contributed by atoms with E-state index >= 15 is 0 Å². The van der Waals surface area contributed by atoms with Gasteiger partial charge in [0.05, 0.1) is 5.41 Å². The number of carbonyl (C=O) groups is 1. The van der Waals surface area contributed by atoms with E-state index in [-0.39, 0.29) is 11.3 Å². The van der Waals surface area contributed by atoms with Crippen LogP contribution in [0.5, 0.6) is 5.75 Å². The van der Waals surface area contributed by atoms with Gasteiger partial charge in [-0.15, -0.1) is 0 Å². The molecule has 1 aliphatic heterocycles. The molecule has 0 radical (unpaired) electrons. The summed E-state index contributed by atoms with van der Waals surface area (Å²) in [5.41, 5.74) is 0.850. The smallest absolute Gasteiger partial charge is 0.228 e. The summed E-state index contributed by atoms with van der Waals surface area (Å²) in [6, 6.07) is 8.00. The van der Waals surface area contributed by atoms with Gasteiger partial charge in [-0.2, -0.15) is 0 Å². The van der Waals surface area contributed by atoms with E-state index in [1.807, 2.05) is 38.4 Å². The average Bonchev–Trinajstić information content (AvgIpc) is 3.05. The van der Waals surface area contributed by atoms with Crippen LogP contribution < -0.4 is 15.4 Å². The molecule has 1 saturated heterocycles. The lowest BCUT2D eigenvalue weighted by atomic mass is 9.67. The quantitative estimate of drug-likeness (QED) is 0.794. The van der Waals surface area contributed by atoms with E-state index in [2.05, 4.69) is 15.5 Å². The Kier molecular flexibility index (Phi) is 5.97. The van der Waals surface area contributed by atoms with Crippen molar-refractivity contribution in [2.45, 2.75) is 32.2 Å². The third kappa shape index (κ3) is 4.15.